The summed E-state index contributed by atoms with van der Waals surface area (Å²) in [5.74, 6) is 0.212. The average molecular weight is 341 g/mol. The Balaban J connectivity index is 1.29. The number of carbonyl (C=O) groups is 1. The van der Waals surface area contributed by atoms with E-state index in [1.54, 1.807) is 11.0 Å². The SMILES string of the molecule is O=C(CCN1CCO[C@H](Cn2cncn2)C1)N1CCc2ccccc21. The first kappa shape index (κ1) is 16.2. The number of hydrogen-bond donors (Lipinski definition) is 0. The molecule has 1 saturated heterocycles. The van der Waals surface area contributed by atoms with Crippen LogP contribution in [-0.2, 0) is 22.5 Å². The summed E-state index contributed by atoms with van der Waals surface area (Å²) in [7, 11) is 0. The van der Waals surface area contributed by atoms with E-state index in [1.807, 2.05) is 23.1 Å². The predicted molar refractivity (Wildman–Crippen MR) is 93.3 cm³/mol. The lowest BCUT2D eigenvalue weighted by Gasteiger charge is -2.33. The summed E-state index contributed by atoms with van der Waals surface area (Å²) < 4.78 is 7.60. The number of amides is 1. The van der Waals surface area contributed by atoms with Crippen LogP contribution < -0.4 is 4.90 Å². The fraction of sp³-hybridized carbons (Fsp3) is 0.500. The van der Waals surface area contributed by atoms with Gasteiger partial charge in [-0.1, -0.05) is 18.2 Å². The molecule has 1 atom stereocenters. The Hall–Kier alpha value is -2.25. The molecule has 2 aliphatic rings. The maximum atomic E-state index is 12.6. The molecule has 4 rings (SSSR count). The average Bonchev–Trinajstić information content (AvgIpc) is 3.29. The molecule has 25 heavy (non-hydrogen) atoms. The molecule has 0 saturated carbocycles. The molecular weight excluding hydrogens is 318 g/mol. The van der Waals surface area contributed by atoms with Crippen LogP contribution in [0.2, 0.25) is 0 Å². The Morgan fingerprint density at radius 1 is 1.28 bits per heavy atom. The molecule has 2 aliphatic heterocycles. The fourth-order valence-electron chi connectivity index (χ4n) is 3.62. The van der Waals surface area contributed by atoms with E-state index < -0.39 is 0 Å². The lowest BCUT2D eigenvalue weighted by molar-refractivity contribution is -0.119. The highest BCUT2D eigenvalue weighted by molar-refractivity contribution is 5.95. The second-order valence-electron chi connectivity index (χ2n) is 6.59. The van der Waals surface area contributed by atoms with Crippen molar-refractivity contribution in [1.82, 2.24) is 19.7 Å². The Kier molecular flexibility index (Phi) is 4.76. The van der Waals surface area contributed by atoms with Crippen LogP contribution in [0.5, 0.6) is 0 Å². The number of carbonyl (C=O) groups excluding carboxylic acids is 1. The Morgan fingerprint density at radius 3 is 3.08 bits per heavy atom. The van der Waals surface area contributed by atoms with Gasteiger partial charge in [0, 0.05) is 38.3 Å². The van der Waals surface area contributed by atoms with Crippen molar-refractivity contribution in [3.05, 3.63) is 42.5 Å². The third kappa shape index (κ3) is 3.72. The van der Waals surface area contributed by atoms with E-state index in [9.17, 15) is 4.79 Å². The second kappa shape index (κ2) is 7.33. The minimum absolute atomic E-state index is 0.0954. The van der Waals surface area contributed by atoms with E-state index in [1.165, 1.54) is 11.9 Å². The highest BCUT2D eigenvalue weighted by Gasteiger charge is 2.26. The lowest BCUT2D eigenvalue weighted by Crippen LogP contribution is -2.45. The molecule has 0 bridgehead atoms. The van der Waals surface area contributed by atoms with Crippen molar-refractivity contribution < 1.29 is 9.53 Å². The van der Waals surface area contributed by atoms with Crippen LogP contribution in [0.1, 0.15) is 12.0 Å². The van der Waals surface area contributed by atoms with Crippen molar-refractivity contribution >= 4 is 11.6 Å². The van der Waals surface area contributed by atoms with Crippen molar-refractivity contribution in [2.75, 3.05) is 37.7 Å². The molecule has 0 N–H and O–H groups in total. The molecule has 1 fully saturated rings. The molecule has 3 heterocycles. The first-order valence-electron chi connectivity index (χ1n) is 8.84. The number of benzene rings is 1. The molecule has 1 aromatic heterocycles. The molecule has 1 amide bonds. The van der Waals surface area contributed by atoms with E-state index in [4.69, 9.17) is 4.74 Å². The van der Waals surface area contributed by atoms with Gasteiger partial charge < -0.3 is 9.64 Å². The fourth-order valence-corrected chi connectivity index (χ4v) is 3.62. The molecule has 2 aromatic rings. The highest BCUT2D eigenvalue weighted by Crippen LogP contribution is 2.27. The molecule has 0 radical (unpaired) electrons. The number of aromatic nitrogens is 3. The van der Waals surface area contributed by atoms with Crippen molar-refractivity contribution in [3.8, 4) is 0 Å². The van der Waals surface area contributed by atoms with Gasteiger partial charge in [0.15, 0.2) is 0 Å². The summed E-state index contributed by atoms with van der Waals surface area (Å²) in [6, 6.07) is 8.19. The van der Waals surface area contributed by atoms with Gasteiger partial charge in [0.2, 0.25) is 5.91 Å². The second-order valence-corrected chi connectivity index (χ2v) is 6.59. The normalized spacial score (nSPS) is 20.6. The number of ether oxygens (including phenoxy) is 1. The first-order chi connectivity index (χ1) is 12.3. The standard InChI is InChI=1S/C18H23N5O2/c24-18(23-8-5-15-3-1-2-4-17(15)23)6-7-21-9-10-25-16(11-21)12-22-14-19-13-20-22/h1-4,13-14,16H,5-12H2/t16-/m0/s1. The molecule has 7 nitrogen and oxygen atoms in total. The largest absolute Gasteiger partial charge is 0.374 e. The number of morpholine rings is 1. The smallest absolute Gasteiger partial charge is 0.228 e. The van der Waals surface area contributed by atoms with Gasteiger partial charge in [-0.2, -0.15) is 5.10 Å². The molecule has 0 spiro atoms. The van der Waals surface area contributed by atoms with Crippen LogP contribution in [0.25, 0.3) is 0 Å². The van der Waals surface area contributed by atoms with E-state index in [0.29, 0.717) is 19.6 Å². The summed E-state index contributed by atoms with van der Waals surface area (Å²) in [5.41, 5.74) is 2.36. The van der Waals surface area contributed by atoms with Crippen molar-refractivity contribution in [3.63, 3.8) is 0 Å². The van der Waals surface area contributed by atoms with Crippen LogP contribution in [0.15, 0.2) is 36.9 Å². The summed E-state index contributed by atoms with van der Waals surface area (Å²) in [4.78, 5) is 20.8. The third-order valence-corrected chi connectivity index (χ3v) is 4.91. The van der Waals surface area contributed by atoms with Crippen LogP contribution in [0.3, 0.4) is 0 Å². The van der Waals surface area contributed by atoms with E-state index in [-0.39, 0.29) is 12.0 Å². The number of nitrogens with zero attached hydrogens (tertiary/aromatic N) is 5. The quantitative estimate of drug-likeness (QED) is 0.810. The van der Waals surface area contributed by atoms with Gasteiger partial charge in [-0.25, -0.2) is 4.98 Å². The van der Waals surface area contributed by atoms with Gasteiger partial charge in [0.25, 0.3) is 0 Å². The van der Waals surface area contributed by atoms with Crippen LogP contribution in [0.4, 0.5) is 5.69 Å². The van der Waals surface area contributed by atoms with Crippen LogP contribution in [-0.4, -0.2) is 64.5 Å². The number of rotatable bonds is 5. The van der Waals surface area contributed by atoms with Gasteiger partial charge in [-0.3, -0.25) is 14.4 Å². The Bertz CT molecular complexity index is 718. The predicted octanol–water partition coefficient (Wildman–Crippen LogP) is 0.958. The van der Waals surface area contributed by atoms with Crippen LogP contribution >= 0.6 is 0 Å². The summed E-state index contributed by atoms with van der Waals surface area (Å²) in [5, 5.41) is 4.13. The zero-order valence-corrected chi connectivity index (χ0v) is 14.3. The number of para-hydroxylation sites is 1. The molecule has 7 heteroatoms. The van der Waals surface area contributed by atoms with E-state index in [2.05, 4.69) is 21.0 Å². The number of hydrogen-bond acceptors (Lipinski definition) is 5. The number of fused-ring (bicyclic) bond motifs is 1. The highest BCUT2D eigenvalue weighted by atomic mass is 16.5. The van der Waals surface area contributed by atoms with Gasteiger partial charge in [-0.15, -0.1) is 0 Å². The summed E-state index contributed by atoms with van der Waals surface area (Å²) in [6.07, 6.45) is 4.84. The maximum absolute atomic E-state index is 12.6. The minimum Gasteiger partial charge on any atom is -0.374 e. The Labute approximate surface area is 147 Å². The number of anilines is 1. The lowest BCUT2D eigenvalue weighted by atomic mass is 10.2. The van der Waals surface area contributed by atoms with E-state index >= 15 is 0 Å². The van der Waals surface area contributed by atoms with E-state index in [0.717, 1.165) is 38.3 Å². The van der Waals surface area contributed by atoms with Gasteiger partial charge in [-0.05, 0) is 18.1 Å². The van der Waals surface area contributed by atoms with Crippen LogP contribution in [0, 0.1) is 0 Å². The molecular formula is C18H23N5O2. The molecule has 0 unspecified atom stereocenters. The van der Waals surface area contributed by atoms with Crippen molar-refractivity contribution in [2.45, 2.75) is 25.5 Å². The molecule has 1 aromatic carbocycles. The van der Waals surface area contributed by atoms with Gasteiger partial charge in [0.1, 0.15) is 12.7 Å². The van der Waals surface area contributed by atoms with Crippen molar-refractivity contribution in [1.29, 1.82) is 0 Å². The monoisotopic (exact) mass is 341 g/mol. The first-order valence-corrected chi connectivity index (χ1v) is 8.84. The van der Waals surface area contributed by atoms with Gasteiger partial charge >= 0.3 is 0 Å². The zero-order valence-electron chi connectivity index (χ0n) is 14.3. The topological polar surface area (TPSA) is 63.5 Å². The molecule has 132 valence electrons. The zero-order chi connectivity index (χ0) is 17.1. The summed E-state index contributed by atoms with van der Waals surface area (Å²) >= 11 is 0. The summed E-state index contributed by atoms with van der Waals surface area (Å²) in [6.45, 7) is 4.66. The minimum atomic E-state index is 0.0954. The van der Waals surface area contributed by atoms with Gasteiger partial charge in [0.05, 0.1) is 19.3 Å². The Morgan fingerprint density at radius 2 is 2.20 bits per heavy atom. The third-order valence-electron chi connectivity index (χ3n) is 4.91. The molecule has 0 aliphatic carbocycles. The van der Waals surface area contributed by atoms with Crippen molar-refractivity contribution in [2.24, 2.45) is 0 Å². The maximum Gasteiger partial charge on any atom is 0.228 e.